The zero-order valence-electron chi connectivity index (χ0n) is 15.7. The fourth-order valence-corrected chi connectivity index (χ4v) is 3.67. The molecule has 0 aliphatic carbocycles. The van der Waals surface area contributed by atoms with Crippen LogP contribution in [0.25, 0.3) is 11.0 Å². The summed E-state index contributed by atoms with van der Waals surface area (Å²) in [5.41, 5.74) is 2.58. The molecule has 1 aliphatic rings. The summed E-state index contributed by atoms with van der Waals surface area (Å²) >= 11 is 0. The number of anilines is 1. The van der Waals surface area contributed by atoms with Crippen molar-refractivity contribution in [2.24, 2.45) is 0 Å². The second-order valence-electron chi connectivity index (χ2n) is 6.91. The first-order valence-corrected chi connectivity index (χ1v) is 9.50. The lowest BCUT2D eigenvalue weighted by molar-refractivity contribution is 0.0794. The van der Waals surface area contributed by atoms with Crippen LogP contribution in [0.3, 0.4) is 0 Å². The number of aryl methyl sites for hydroxylation is 1. The lowest BCUT2D eigenvalue weighted by Gasteiger charge is -2.18. The van der Waals surface area contributed by atoms with E-state index in [9.17, 15) is 14.4 Å². The summed E-state index contributed by atoms with van der Waals surface area (Å²) in [4.78, 5) is 42.1. The normalized spacial score (nSPS) is 13.8. The molecule has 1 aliphatic heterocycles. The van der Waals surface area contributed by atoms with E-state index in [-0.39, 0.29) is 17.5 Å². The molecular formula is C21H22N4O3. The number of imidazole rings is 1. The standard InChI is InChI=1S/C21H22N4O3/c1-2-25-18-13-14(9-10-17(18)23-21(25)28)19(26)22-16-8-4-3-7-15(16)20(27)24-11-5-6-12-24/h3-4,7-10,13H,2,5-6,11-12H2,1H3,(H,22,26)(H,23,28). The second-order valence-corrected chi connectivity index (χ2v) is 6.91. The van der Waals surface area contributed by atoms with Crippen LogP contribution in [0.2, 0.25) is 0 Å². The number of hydrogen-bond acceptors (Lipinski definition) is 3. The van der Waals surface area contributed by atoms with Crippen LogP contribution in [0.1, 0.15) is 40.5 Å². The molecule has 7 heteroatoms. The fraction of sp³-hybridized carbons (Fsp3) is 0.286. The average molecular weight is 378 g/mol. The Morgan fingerprint density at radius 2 is 1.86 bits per heavy atom. The van der Waals surface area contributed by atoms with Gasteiger partial charge in [-0.25, -0.2) is 4.79 Å². The Labute approximate surface area is 162 Å². The number of carbonyl (C=O) groups is 2. The van der Waals surface area contributed by atoms with Gasteiger partial charge in [0.2, 0.25) is 0 Å². The minimum atomic E-state index is -0.320. The van der Waals surface area contributed by atoms with Gasteiger partial charge >= 0.3 is 5.69 Å². The number of aromatic amines is 1. The third-order valence-corrected chi connectivity index (χ3v) is 5.15. The highest BCUT2D eigenvalue weighted by molar-refractivity contribution is 6.10. The van der Waals surface area contributed by atoms with Crippen molar-refractivity contribution in [2.75, 3.05) is 18.4 Å². The van der Waals surface area contributed by atoms with Gasteiger partial charge in [0.25, 0.3) is 11.8 Å². The van der Waals surface area contributed by atoms with Crippen LogP contribution in [0, 0.1) is 0 Å². The van der Waals surface area contributed by atoms with Crippen molar-refractivity contribution in [3.8, 4) is 0 Å². The molecule has 28 heavy (non-hydrogen) atoms. The largest absolute Gasteiger partial charge is 0.339 e. The molecule has 0 radical (unpaired) electrons. The van der Waals surface area contributed by atoms with Crippen molar-refractivity contribution in [1.29, 1.82) is 0 Å². The molecule has 1 fully saturated rings. The van der Waals surface area contributed by atoms with Gasteiger partial charge in [-0.15, -0.1) is 0 Å². The predicted molar refractivity (Wildman–Crippen MR) is 108 cm³/mol. The van der Waals surface area contributed by atoms with Gasteiger partial charge in [-0.2, -0.15) is 0 Å². The summed E-state index contributed by atoms with van der Waals surface area (Å²) in [6, 6.07) is 12.1. The number of likely N-dealkylation sites (tertiary alicyclic amines) is 1. The molecule has 2 aromatic carbocycles. The Kier molecular flexibility index (Phi) is 4.73. The predicted octanol–water partition coefficient (Wildman–Crippen LogP) is 2.84. The van der Waals surface area contributed by atoms with Crippen LogP contribution in [-0.2, 0) is 6.54 Å². The summed E-state index contributed by atoms with van der Waals surface area (Å²) < 4.78 is 1.58. The van der Waals surface area contributed by atoms with Crippen LogP contribution in [0.15, 0.2) is 47.3 Å². The Balaban J connectivity index is 1.63. The average Bonchev–Trinajstić information content (AvgIpc) is 3.34. The van der Waals surface area contributed by atoms with E-state index in [0.717, 1.165) is 25.9 Å². The molecular weight excluding hydrogens is 356 g/mol. The first-order valence-electron chi connectivity index (χ1n) is 9.50. The number of hydrogen-bond donors (Lipinski definition) is 2. The number of amides is 2. The zero-order valence-corrected chi connectivity index (χ0v) is 15.7. The summed E-state index contributed by atoms with van der Waals surface area (Å²) in [6.07, 6.45) is 2.02. The number of para-hydroxylation sites is 1. The van der Waals surface area contributed by atoms with Crippen LogP contribution in [-0.4, -0.2) is 39.4 Å². The van der Waals surface area contributed by atoms with E-state index in [4.69, 9.17) is 0 Å². The topological polar surface area (TPSA) is 87.2 Å². The smallest absolute Gasteiger partial charge is 0.326 e. The number of fused-ring (bicyclic) bond motifs is 1. The van der Waals surface area contributed by atoms with E-state index in [2.05, 4.69) is 10.3 Å². The van der Waals surface area contributed by atoms with E-state index < -0.39 is 0 Å². The highest BCUT2D eigenvalue weighted by Gasteiger charge is 2.22. The van der Waals surface area contributed by atoms with Crippen molar-refractivity contribution < 1.29 is 9.59 Å². The van der Waals surface area contributed by atoms with Crippen LogP contribution >= 0.6 is 0 Å². The molecule has 7 nitrogen and oxygen atoms in total. The van der Waals surface area contributed by atoms with E-state index in [0.29, 0.717) is 34.4 Å². The second kappa shape index (κ2) is 7.34. The van der Waals surface area contributed by atoms with E-state index in [1.54, 1.807) is 47.0 Å². The zero-order chi connectivity index (χ0) is 19.7. The number of aromatic nitrogens is 2. The van der Waals surface area contributed by atoms with Gasteiger partial charge in [0.1, 0.15) is 0 Å². The van der Waals surface area contributed by atoms with Gasteiger partial charge < -0.3 is 15.2 Å². The third-order valence-electron chi connectivity index (χ3n) is 5.15. The van der Waals surface area contributed by atoms with Gasteiger partial charge in [0.15, 0.2) is 0 Å². The number of nitrogens with zero attached hydrogens (tertiary/aromatic N) is 2. The molecule has 4 rings (SSSR count). The molecule has 0 saturated carbocycles. The lowest BCUT2D eigenvalue weighted by atomic mass is 10.1. The van der Waals surface area contributed by atoms with Gasteiger partial charge in [0, 0.05) is 25.2 Å². The SMILES string of the molecule is CCn1c(=O)[nH]c2ccc(C(=O)Nc3ccccc3C(=O)N3CCCC3)cc21. The van der Waals surface area contributed by atoms with Gasteiger partial charge in [-0.05, 0) is 50.1 Å². The lowest BCUT2D eigenvalue weighted by Crippen LogP contribution is -2.28. The van der Waals surface area contributed by atoms with Gasteiger partial charge in [-0.1, -0.05) is 12.1 Å². The third kappa shape index (κ3) is 3.19. The Morgan fingerprint density at radius 1 is 1.11 bits per heavy atom. The molecule has 0 bridgehead atoms. The number of H-pyrrole nitrogens is 1. The number of carbonyl (C=O) groups excluding carboxylic acids is 2. The molecule has 2 heterocycles. The quantitative estimate of drug-likeness (QED) is 0.732. The number of nitrogens with one attached hydrogen (secondary N) is 2. The number of benzene rings is 2. The summed E-state index contributed by atoms with van der Waals surface area (Å²) in [5, 5.41) is 2.86. The van der Waals surface area contributed by atoms with Crippen LogP contribution in [0.5, 0.6) is 0 Å². The van der Waals surface area contributed by atoms with E-state index in [1.165, 1.54) is 0 Å². The van der Waals surface area contributed by atoms with E-state index >= 15 is 0 Å². The van der Waals surface area contributed by atoms with Crippen molar-refractivity contribution in [3.05, 3.63) is 64.1 Å². The van der Waals surface area contributed by atoms with E-state index in [1.807, 2.05) is 11.8 Å². The minimum absolute atomic E-state index is 0.0608. The molecule has 2 amide bonds. The maximum absolute atomic E-state index is 12.8. The van der Waals surface area contributed by atoms with Crippen molar-refractivity contribution in [3.63, 3.8) is 0 Å². The summed E-state index contributed by atoms with van der Waals surface area (Å²) in [7, 11) is 0. The highest BCUT2D eigenvalue weighted by atomic mass is 16.2. The molecule has 1 aromatic heterocycles. The maximum Gasteiger partial charge on any atom is 0.326 e. The molecule has 2 N–H and O–H groups in total. The Morgan fingerprint density at radius 3 is 2.61 bits per heavy atom. The van der Waals surface area contributed by atoms with Crippen molar-refractivity contribution >= 4 is 28.5 Å². The Hall–Kier alpha value is -3.35. The monoisotopic (exact) mass is 378 g/mol. The summed E-state index contributed by atoms with van der Waals surface area (Å²) in [5.74, 6) is -0.380. The number of rotatable bonds is 4. The molecule has 144 valence electrons. The highest BCUT2D eigenvalue weighted by Crippen LogP contribution is 2.21. The molecule has 1 saturated heterocycles. The fourth-order valence-electron chi connectivity index (χ4n) is 3.67. The summed E-state index contributed by atoms with van der Waals surface area (Å²) in [6.45, 7) is 3.89. The maximum atomic E-state index is 12.8. The first-order chi connectivity index (χ1) is 13.6. The Bertz CT molecular complexity index is 1110. The molecule has 0 atom stereocenters. The molecule has 3 aromatic rings. The first kappa shape index (κ1) is 18.0. The van der Waals surface area contributed by atoms with Gasteiger partial charge in [-0.3, -0.25) is 14.2 Å². The molecule has 0 unspecified atom stereocenters. The van der Waals surface area contributed by atoms with Crippen LogP contribution < -0.4 is 11.0 Å². The van der Waals surface area contributed by atoms with Crippen LogP contribution in [0.4, 0.5) is 5.69 Å². The van der Waals surface area contributed by atoms with Crippen molar-refractivity contribution in [2.45, 2.75) is 26.3 Å². The molecule has 0 spiro atoms. The van der Waals surface area contributed by atoms with Crippen molar-refractivity contribution in [1.82, 2.24) is 14.5 Å². The van der Waals surface area contributed by atoms with Gasteiger partial charge in [0.05, 0.1) is 22.3 Å². The minimum Gasteiger partial charge on any atom is -0.339 e.